The van der Waals surface area contributed by atoms with Crippen molar-refractivity contribution in [1.29, 1.82) is 0 Å². The summed E-state index contributed by atoms with van der Waals surface area (Å²) in [6.07, 6.45) is 8.59. The van der Waals surface area contributed by atoms with Crippen LogP contribution in [0.4, 0.5) is 5.95 Å². The second kappa shape index (κ2) is 7.95. The topological polar surface area (TPSA) is 50.7 Å². The fourth-order valence-electron chi connectivity index (χ4n) is 4.79. The first kappa shape index (κ1) is 17.7. The second-order valence-corrected chi connectivity index (χ2v) is 8.04. The number of benzene rings is 1. The molecule has 1 aromatic carbocycles. The van der Waals surface area contributed by atoms with Gasteiger partial charge >= 0.3 is 0 Å². The minimum atomic E-state index is 0.506. The van der Waals surface area contributed by atoms with Crippen molar-refractivity contribution in [1.82, 2.24) is 14.9 Å². The molecule has 0 radical (unpaired) electrons. The van der Waals surface area contributed by atoms with E-state index < -0.39 is 0 Å². The number of rotatable bonds is 4. The van der Waals surface area contributed by atoms with E-state index >= 15 is 0 Å². The Morgan fingerprint density at radius 1 is 0.929 bits per heavy atom. The second-order valence-electron chi connectivity index (χ2n) is 8.04. The molecule has 6 heteroatoms. The average molecular weight is 380 g/mol. The molecule has 1 aromatic heterocycles. The Morgan fingerprint density at radius 3 is 2.54 bits per heavy atom. The fraction of sp³-hybridized carbons (Fsp3) is 0.545. The zero-order valence-corrected chi connectivity index (χ0v) is 16.3. The highest BCUT2D eigenvalue weighted by molar-refractivity contribution is 5.44. The number of ether oxygens (including phenoxy) is 2. The molecule has 1 atom stereocenters. The fourth-order valence-corrected chi connectivity index (χ4v) is 4.79. The molecule has 0 unspecified atom stereocenters. The lowest BCUT2D eigenvalue weighted by atomic mass is 9.95. The lowest BCUT2D eigenvalue weighted by Crippen LogP contribution is -2.39. The molecule has 3 aliphatic rings. The predicted molar refractivity (Wildman–Crippen MR) is 108 cm³/mol. The van der Waals surface area contributed by atoms with E-state index in [4.69, 9.17) is 9.47 Å². The molecule has 3 aliphatic heterocycles. The zero-order chi connectivity index (χ0) is 18.8. The van der Waals surface area contributed by atoms with Crippen LogP contribution in [0, 0.1) is 5.92 Å². The number of aromatic nitrogens is 2. The highest BCUT2D eigenvalue weighted by atomic mass is 16.6. The standard InChI is InChI=1S/C22H28N4O2/c1-3-19(18-4-5-20-21(15-18)28-14-13-27-20)26(10-1)16-17-6-11-25(12-7-17)22-23-8-2-9-24-22/h2,4-5,8-9,15,17,19H,1,3,6-7,10-14,16H2/t19-/m0/s1. The Hall–Kier alpha value is -2.34. The van der Waals surface area contributed by atoms with Crippen LogP contribution >= 0.6 is 0 Å². The summed E-state index contributed by atoms with van der Waals surface area (Å²) in [7, 11) is 0. The van der Waals surface area contributed by atoms with Gasteiger partial charge in [0.15, 0.2) is 11.5 Å². The van der Waals surface area contributed by atoms with Gasteiger partial charge in [0.2, 0.25) is 5.95 Å². The van der Waals surface area contributed by atoms with Crippen LogP contribution in [0.1, 0.15) is 37.3 Å². The van der Waals surface area contributed by atoms with E-state index in [-0.39, 0.29) is 0 Å². The Kier molecular flexibility index (Phi) is 5.04. The Labute approximate surface area is 166 Å². The molecule has 6 nitrogen and oxygen atoms in total. The molecule has 28 heavy (non-hydrogen) atoms. The summed E-state index contributed by atoms with van der Waals surface area (Å²) in [6, 6.07) is 8.89. The van der Waals surface area contributed by atoms with Crippen LogP contribution in [-0.4, -0.2) is 54.3 Å². The van der Waals surface area contributed by atoms with E-state index in [1.807, 2.05) is 18.5 Å². The molecule has 0 saturated carbocycles. The maximum atomic E-state index is 5.80. The largest absolute Gasteiger partial charge is 0.486 e. The number of nitrogens with zero attached hydrogens (tertiary/aromatic N) is 4. The molecular formula is C22H28N4O2. The van der Waals surface area contributed by atoms with Crippen molar-refractivity contribution in [3.8, 4) is 11.5 Å². The van der Waals surface area contributed by atoms with Crippen LogP contribution in [0.3, 0.4) is 0 Å². The van der Waals surface area contributed by atoms with Gasteiger partial charge in [0.25, 0.3) is 0 Å². The normalized spacial score (nSPS) is 23.1. The monoisotopic (exact) mass is 380 g/mol. The summed E-state index contributed by atoms with van der Waals surface area (Å²) in [6.45, 7) is 5.78. The van der Waals surface area contributed by atoms with E-state index in [0.717, 1.165) is 36.5 Å². The number of likely N-dealkylation sites (tertiary alicyclic amines) is 1. The minimum absolute atomic E-state index is 0.506. The van der Waals surface area contributed by atoms with Crippen molar-refractivity contribution in [3.63, 3.8) is 0 Å². The van der Waals surface area contributed by atoms with Gasteiger partial charge in [-0.15, -0.1) is 0 Å². The molecule has 2 fully saturated rings. The molecule has 0 bridgehead atoms. The first-order valence-electron chi connectivity index (χ1n) is 10.5. The quantitative estimate of drug-likeness (QED) is 0.811. The third kappa shape index (κ3) is 3.65. The maximum Gasteiger partial charge on any atom is 0.225 e. The lowest BCUT2D eigenvalue weighted by Gasteiger charge is -2.35. The van der Waals surface area contributed by atoms with E-state index in [1.165, 1.54) is 44.3 Å². The molecule has 2 aromatic rings. The number of hydrogen-bond donors (Lipinski definition) is 0. The van der Waals surface area contributed by atoms with Gasteiger partial charge in [-0.2, -0.15) is 0 Å². The summed E-state index contributed by atoms with van der Waals surface area (Å²) >= 11 is 0. The number of anilines is 1. The molecule has 2 saturated heterocycles. The molecular weight excluding hydrogens is 352 g/mol. The van der Waals surface area contributed by atoms with Crippen LogP contribution in [0.25, 0.3) is 0 Å². The summed E-state index contributed by atoms with van der Waals surface area (Å²) in [5, 5.41) is 0. The van der Waals surface area contributed by atoms with Crippen LogP contribution in [0.5, 0.6) is 11.5 Å². The van der Waals surface area contributed by atoms with Crippen molar-refractivity contribution in [2.75, 3.05) is 44.3 Å². The molecule has 0 amide bonds. The van der Waals surface area contributed by atoms with Gasteiger partial charge in [-0.1, -0.05) is 6.07 Å². The van der Waals surface area contributed by atoms with Crippen LogP contribution < -0.4 is 14.4 Å². The smallest absolute Gasteiger partial charge is 0.225 e. The van der Waals surface area contributed by atoms with Gasteiger partial charge in [0.1, 0.15) is 13.2 Å². The van der Waals surface area contributed by atoms with Gasteiger partial charge in [-0.25, -0.2) is 9.97 Å². The third-order valence-corrected chi connectivity index (χ3v) is 6.26. The molecule has 148 valence electrons. The molecule has 4 heterocycles. The van der Waals surface area contributed by atoms with E-state index in [0.29, 0.717) is 19.3 Å². The average Bonchev–Trinajstić information content (AvgIpc) is 3.23. The molecule has 5 rings (SSSR count). The first-order chi connectivity index (χ1) is 13.9. The van der Waals surface area contributed by atoms with Gasteiger partial charge < -0.3 is 14.4 Å². The number of hydrogen-bond acceptors (Lipinski definition) is 6. The van der Waals surface area contributed by atoms with Gasteiger partial charge in [-0.3, -0.25) is 4.90 Å². The van der Waals surface area contributed by atoms with Crippen LogP contribution in [-0.2, 0) is 0 Å². The van der Waals surface area contributed by atoms with E-state index in [9.17, 15) is 0 Å². The Morgan fingerprint density at radius 2 is 1.71 bits per heavy atom. The van der Waals surface area contributed by atoms with E-state index in [1.54, 1.807) is 0 Å². The van der Waals surface area contributed by atoms with Crippen LogP contribution in [0.2, 0.25) is 0 Å². The lowest BCUT2D eigenvalue weighted by molar-refractivity contribution is 0.169. The highest BCUT2D eigenvalue weighted by Gasteiger charge is 2.30. The van der Waals surface area contributed by atoms with Crippen molar-refractivity contribution >= 4 is 5.95 Å². The summed E-state index contributed by atoms with van der Waals surface area (Å²) in [4.78, 5) is 13.8. The van der Waals surface area contributed by atoms with Gasteiger partial charge in [0, 0.05) is 38.1 Å². The third-order valence-electron chi connectivity index (χ3n) is 6.26. The Bertz CT molecular complexity index is 792. The molecule has 0 aliphatic carbocycles. The van der Waals surface area contributed by atoms with E-state index in [2.05, 4.69) is 38.0 Å². The summed E-state index contributed by atoms with van der Waals surface area (Å²) < 4.78 is 11.5. The number of fused-ring (bicyclic) bond motifs is 1. The molecule has 0 spiro atoms. The summed E-state index contributed by atoms with van der Waals surface area (Å²) in [5.74, 6) is 3.41. The first-order valence-corrected chi connectivity index (χ1v) is 10.5. The van der Waals surface area contributed by atoms with Gasteiger partial charge in [-0.05, 0) is 61.9 Å². The van der Waals surface area contributed by atoms with Crippen molar-refractivity contribution in [2.45, 2.75) is 31.7 Å². The zero-order valence-electron chi connectivity index (χ0n) is 16.3. The number of piperidine rings is 1. The predicted octanol–water partition coefficient (Wildman–Crippen LogP) is 3.30. The Balaban J connectivity index is 1.21. The van der Waals surface area contributed by atoms with Crippen molar-refractivity contribution in [2.24, 2.45) is 5.92 Å². The van der Waals surface area contributed by atoms with Crippen molar-refractivity contribution < 1.29 is 9.47 Å². The molecule has 0 N–H and O–H groups in total. The summed E-state index contributed by atoms with van der Waals surface area (Å²) in [5.41, 5.74) is 1.37. The van der Waals surface area contributed by atoms with Crippen LogP contribution in [0.15, 0.2) is 36.7 Å². The van der Waals surface area contributed by atoms with Crippen molar-refractivity contribution in [3.05, 3.63) is 42.2 Å². The minimum Gasteiger partial charge on any atom is -0.486 e. The maximum absolute atomic E-state index is 5.80. The highest BCUT2D eigenvalue weighted by Crippen LogP contribution is 2.39. The SMILES string of the molecule is c1cnc(N2CCC(CN3CCC[C@H]3c3ccc4c(c3)OCCO4)CC2)nc1. The van der Waals surface area contributed by atoms with Gasteiger partial charge in [0.05, 0.1) is 0 Å².